The molecule has 13 heavy (non-hydrogen) atoms. The van der Waals surface area contributed by atoms with Crippen LogP contribution in [0.25, 0.3) is 0 Å². The molecule has 1 rings (SSSR count). The van der Waals surface area contributed by atoms with Gasteiger partial charge in [0.1, 0.15) is 0 Å². The maximum absolute atomic E-state index is 5.66. The first-order valence-corrected chi connectivity index (χ1v) is 4.78. The maximum Gasteiger partial charge on any atom is 0.0409 e. The molecule has 1 aromatic carbocycles. The molecule has 0 saturated carbocycles. The molecule has 0 radical (unpaired) electrons. The molecular weight excluding hydrogens is 160 g/mol. The summed E-state index contributed by atoms with van der Waals surface area (Å²) in [5.74, 6) is 0. The van der Waals surface area contributed by atoms with Gasteiger partial charge in [-0.3, -0.25) is 0 Å². The Morgan fingerprint density at radius 2 is 2.00 bits per heavy atom. The minimum absolute atomic E-state index is 0.615. The van der Waals surface area contributed by atoms with Crippen LogP contribution in [0.5, 0.6) is 0 Å². The number of nitrogens with two attached hydrogens (primary N) is 1. The van der Waals surface area contributed by atoms with Crippen LogP contribution in [-0.4, -0.2) is 13.6 Å². The third-order valence-electron chi connectivity index (χ3n) is 2.18. The highest BCUT2D eigenvalue weighted by atomic mass is 15.1. The van der Waals surface area contributed by atoms with E-state index in [1.165, 1.54) is 11.3 Å². The van der Waals surface area contributed by atoms with Gasteiger partial charge in [-0.1, -0.05) is 25.1 Å². The van der Waals surface area contributed by atoms with Crippen LogP contribution in [0.2, 0.25) is 0 Å². The normalized spacial score (nSPS) is 10.1. The van der Waals surface area contributed by atoms with Gasteiger partial charge in [0, 0.05) is 25.8 Å². The molecular formula is C11H18N2. The lowest BCUT2D eigenvalue weighted by Crippen LogP contribution is -2.19. The predicted octanol–water partition coefficient (Wildman–Crippen LogP) is 1.99. The lowest BCUT2D eigenvalue weighted by atomic mass is 10.1. The summed E-state index contributed by atoms with van der Waals surface area (Å²) in [6, 6.07) is 8.30. The number of para-hydroxylation sites is 1. The highest BCUT2D eigenvalue weighted by Gasteiger charge is 2.03. The Hall–Kier alpha value is -1.02. The second kappa shape index (κ2) is 4.87. The zero-order chi connectivity index (χ0) is 9.68. The lowest BCUT2D eigenvalue weighted by Gasteiger charge is -2.21. The monoisotopic (exact) mass is 178 g/mol. The van der Waals surface area contributed by atoms with Crippen molar-refractivity contribution in [2.75, 3.05) is 18.5 Å². The molecule has 0 fully saturated rings. The Morgan fingerprint density at radius 3 is 2.62 bits per heavy atom. The summed E-state index contributed by atoms with van der Waals surface area (Å²) in [6.45, 7) is 3.88. The summed E-state index contributed by atoms with van der Waals surface area (Å²) in [7, 11) is 2.11. The summed E-state index contributed by atoms with van der Waals surface area (Å²) in [5, 5.41) is 0. The van der Waals surface area contributed by atoms with Crippen LogP contribution in [0.15, 0.2) is 24.3 Å². The summed E-state index contributed by atoms with van der Waals surface area (Å²) in [4.78, 5) is 2.25. The van der Waals surface area contributed by atoms with Crippen molar-refractivity contribution in [3.05, 3.63) is 29.8 Å². The van der Waals surface area contributed by atoms with E-state index in [0.29, 0.717) is 6.54 Å². The van der Waals surface area contributed by atoms with Crippen LogP contribution in [0.4, 0.5) is 5.69 Å². The minimum atomic E-state index is 0.615. The number of nitrogens with zero attached hydrogens (tertiary/aromatic N) is 1. The van der Waals surface area contributed by atoms with Crippen LogP contribution < -0.4 is 10.6 Å². The molecule has 72 valence electrons. The van der Waals surface area contributed by atoms with Crippen molar-refractivity contribution in [3.63, 3.8) is 0 Å². The lowest BCUT2D eigenvalue weighted by molar-refractivity contribution is 0.843. The van der Waals surface area contributed by atoms with Crippen molar-refractivity contribution in [2.24, 2.45) is 5.73 Å². The average Bonchev–Trinajstić information content (AvgIpc) is 2.18. The molecule has 0 amide bonds. The topological polar surface area (TPSA) is 29.3 Å². The SMILES string of the molecule is CCCN(C)c1ccccc1CN. The summed E-state index contributed by atoms with van der Waals surface area (Å²) >= 11 is 0. The van der Waals surface area contributed by atoms with Crippen LogP contribution in [0, 0.1) is 0 Å². The van der Waals surface area contributed by atoms with Gasteiger partial charge < -0.3 is 10.6 Å². The fraction of sp³-hybridized carbons (Fsp3) is 0.455. The molecule has 0 aliphatic heterocycles. The fourth-order valence-corrected chi connectivity index (χ4v) is 1.51. The Bertz CT molecular complexity index is 258. The first-order chi connectivity index (χ1) is 6.29. The quantitative estimate of drug-likeness (QED) is 0.764. The van der Waals surface area contributed by atoms with Gasteiger partial charge in [-0.15, -0.1) is 0 Å². The zero-order valence-corrected chi connectivity index (χ0v) is 8.46. The zero-order valence-electron chi connectivity index (χ0n) is 8.46. The van der Waals surface area contributed by atoms with Gasteiger partial charge in [-0.25, -0.2) is 0 Å². The van der Waals surface area contributed by atoms with E-state index in [1.54, 1.807) is 0 Å². The molecule has 0 heterocycles. The van der Waals surface area contributed by atoms with Crippen molar-refractivity contribution in [1.82, 2.24) is 0 Å². The number of benzene rings is 1. The van der Waals surface area contributed by atoms with E-state index in [4.69, 9.17) is 5.73 Å². The third kappa shape index (κ3) is 2.46. The molecule has 0 aliphatic rings. The second-order valence-electron chi connectivity index (χ2n) is 3.25. The predicted molar refractivity (Wildman–Crippen MR) is 57.9 cm³/mol. The van der Waals surface area contributed by atoms with E-state index in [1.807, 2.05) is 6.07 Å². The van der Waals surface area contributed by atoms with Crippen LogP contribution in [0.1, 0.15) is 18.9 Å². The van der Waals surface area contributed by atoms with E-state index in [0.717, 1.165) is 13.0 Å². The minimum Gasteiger partial charge on any atom is -0.374 e. The highest BCUT2D eigenvalue weighted by Crippen LogP contribution is 2.18. The summed E-state index contributed by atoms with van der Waals surface area (Å²) in [5.41, 5.74) is 8.14. The van der Waals surface area contributed by atoms with Crippen molar-refractivity contribution in [1.29, 1.82) is 0 Å². The Balaban J connectivity index is 2.85. The van der Waals surface area contributed by atoms with Gasteiger partial charge in [0.05, 0.1) is 0 Å². The first-order valence-electron chi connectivity index (χ1n) is 4.78. The Kier molecular flexibility index (Phi) is 3.77. The Labute approximate surface area is 80.4 Å². The third-order valence-corrected chi connectivity index (χ3v) is 2.18. The molecule has 1 aromatic rings. The molecule has 0 aliphatic carbocycles. The number of hydrogen-bond acceptors (Lipinski definition) is 2. The Morgan fingerprint density at radius 1 is 1.31 bits per heavy atom. The fourth-order valence-electron chi connectivity index (χ4n) is 1.51. The van der Waals surface area contributed by atoms with E-state index in [9.17, 15) is 0 Å². The second-order valence-corrected chi connectivity index (χ2v) is 3.25. The van der Waals surface area contributed by atoms with E-state index >= 15 is 0 Å². The van der Waals surface area contributed by atoms with Crippen LogP contribution in [0.3, 0.4) is 0 Å². The van der Waals surface area contributed by atoms with Gasteiger partial charge in [-0.2, -0.15) is 0 Å². The molecule has 0 unspecified atom stereocenters. The molecule has 2 heteroatoms. The smallest absolute Gasteiger partial charge is 0.0409 e. The van der Waals surface area contributed by atoms with E-state index in [-0.39, 0.29) is 0 Å². The van der Waals surface area contributed by atoms with Gasteiger partial charge in [0.2, 0.25) is 0 Å². The van der Waals surface area contributed by atoms with Crippen LogP contribution >= 0.6 is 0 Å². The molecule has 0 atom stereocenters. The van der Waals surface area contributed by atoms with Gasteiger partial charge in [-0.05, 0) is 18.1 Å². The summed E-state index contributed by atoms with van der Waals surface area (Å²) in [6.07, 6.45) is 1.16. The molecule has 0 bridgehead atoms. The standard InChI is InChI=1S/C11H18N2/c1-3-8-13(2)11-7-5-4-6-10(11)9-12/h4-7H,3,8-9,12H2,1-2H3. The summed E-state index contributed by atoms with van der Waals surface area (Å²) < 4.78 is 0. The largest absolute Gasteiger partial charge is 0.374 e. The van der Waals surface area contributed by atoms with E-state index in [2.05, 4.69) is 37.1 Å². The van der Waals surface area contributed by atoms with Crippen molar-refractivity contribution >= 4 is 5.69 Å². The van der Waals surface area contributed by atoms with Crippen molar-refractivity contribution < 1.29 is 0 Å². The van der Waals surface area contributed by atoms with Gasteiger partial charge in [0.15, 0.2) is 0 Å². The van der Waals surface area contributed by atoms with E-state index < -0.39 is 0 Å². The first kappa shape index (κ1) is 10.1. The maximum atomic E-state index is 5.66. The molecule has 2 nitrogen and oxygen atoms in total. The van der Waals surface area contributed by atoms with Crippen molar-refractivity contribution in [3.8, 4) is 0 Å². The molecule has 0 aromatic heterocycles. The highest BCUT2D eigenvalue weighted by molar-refractivity contribution is 5.52. The molecule has 0 spiro atoms. The van der Waals surface area contributed by atoms with Gasteiger partial charge in [0.25, 0.3) is 0 Å². The number of anilines is 1. The number of rotatable bonds is 4. The molecule has 2 N–H and O–H groups in total. The average molecular weight is 178 g/mol. The molecule has 0 saturated heterocycles. The number of hydrogen-bond donors (Lipinski definition) is 1. The van der Waals surface area contributed by atoms with Gasteiger partial charge >= 0.3 is 0 Å². The van der Waals surface area contributed by atoms with Crippen LogP contribution in [-0.2, 0) is 6.54 Å². The van der Waals surface area contributed by atoms with Crippen molar-refractivity contribution in [2.45, 2.75) is 19.9 Å².